The lowest BCUT2D eigenvalue weighted by Gasteiger charge is -2.32. The molecule has 1 atom stereocenters. The molecule has 132 valence electrons. The molecule has 2 aromatic heterocycles. The van der Waals surface area contributed by atoms with Crippen LogP contribution in [-0.4, -0.2) is 37.1 Å². The molecule has 0 bridgehead atoms. The monoisotopic (exact) mass is 365 g/mol. The third kappa shape index (κ3) is 2.63. The van der Waals surface area contributed by atoms with Gasteiger partial charge >= 0.3 is 0 Å². The molecule has 1 aromatic carbocycles. The highest BCUT2D eigenvalue weighted by molar-refractivity contribution is 7.13. The first kappa shape index (κ1) is 15.7. The molecule has 0 N–H and O–H groups in total. The molecule has 1 amide bonds. The molecule has 5 rings (SSSR count). The van der Waals surface area contributed by atoms with Crippen molar-refractivity contribution in [3.05, 3.63) is 53.1 Å². The Bertz CT molecular complexity index is 959. The number of thiazole rings is 1. The molecule has 1 fully saturated rings. The van der Waals surface area contributed by atoms with Gasteiger partial charge in [0.05, 0.1) is 12.6 Å². The maximum atomic E-state index is 13.0. The predicted octanol–water partition coefficient (Wildman–Crippen LogP) is 3.50. The van der Waals surface area contributed by atoms with E-state index in [4.69, 9.17) is 0 Å². The van der Waals surface area contributed by atoms with E-state index in [9.17, 15) is 4.79 Å². The molecule has 0 radical (unpaired) electrons. The van der Waals surface area contributed by atoms with Gasteiger partial charge in [-0.1, -0.05) is 30.3 Å². The molecule has 7 heteroatoms. The second-order valence-corrected chi connectivity index (χ2v) is 7.92. The van der Waals surface area contributed by atoms with Crippen molar-refractivity contribution in [2.75, 3.05) is 6.54 Å². The molecule has 26 heavy (non-hydrogen) atoms. The van der Waals surface area contributed by atoms with Gasteiger partial charge in [-0.2, -0.15) is 0 Å². The Morgan fingerprint density at radius 1 is 1.19 bits per heavy atom. The van der Waals surface area contributed by atoms with E-state index < -0.39 is 0 Å². The van der Waals surface area contributed by atoms with Crippen LogP contribution in [0, 0.1) is 0 Å². The molecule has 1 aliphatic heterocycles. The Kier molecular flexibility index (Phi) is 3.63. The first-order chi connectivity index (χ1) is 12.7. The standard InChI is InChI=1S/C19H19N5OS/c1-12-9-23(10-16-21-22-17(24(12)16)13-7-8-13)19(25)15-11-26-18(20-15)14-5-3-2-4-6-14/h2-6,11-13H,7-10H2,1H3/t12-/m0/s1. The minimum atomic E-state index is -0.0301. The Balaban J connectivity index is 1.39. The Morgan fingerprint density at radius 2 is 2.00 bits per heavy atom. The van der Waals surface area contributed by atoms with Crippen LogP contribution >= 0.6 is 11.3 Å². The molecular weight excluding hydrogens is 346 g/mol. The molecule has 6 nitrogen and oxygen atoms in total. The lowest BCUT2D eigenvalue weighted by atomic mass is 10.2. The van der Waals surface area contributed by atoms with E-state index in [1.165, 1.54) is 24.2 Å². The van der Waals surface area contributed by atoms with E-state index in [1.807, 2.05) is 40.6 Å². The van der Waals surface area contributed by atoms with E-state index >= 15 is 0 Å². The van der Waals surface area contributed by atoms with Crippen LogP contribution in [0.1, 0.15) is 53.9 Å². The molecule has 3 heterocycles. The Morgan fingerprint density at radius 3 is 2.77 bits per heavy atom. The van der Waals surface area contributed by atoms with Crippen LogP contribution < -0.4 is 0 Å². The number of nitrogens with zero attached hydrogens (tertiary/aromatic N) is 5. The molecule has 3 aromatic rings. The summed E-state index contributed by atoms with van der Waals surface area (Å²) in [6.07, 6.45) is 2.41. The number of carbonyl (C=O) groups is 1. The molecule has 0 unspecified atom stereocenters. The molecule has 2 aliphatic rings. The van der Waals surface area contributed by atoms with Crippen molar-refractivity contribution in [2.24, 2.45) is 0 Å². The predicted molar refractivity (Wildman–Crippen MR) is 99.0 cm³/mol. The van der Waals surface area contributed by atoms with Gasteiger partial charge in [-0.25, -0.2) is 4.98 Å². The summed E-state index contributed by atoms with van der Waals surface area (Å²) in [5.41, 5.74) is 1.55. The summed E-state index contributed by atoms with van der Waals surface area (Å²) < 4.78 is 2.23. The van der Waals surface area contributed by atoms with Crippen molar-refractivity contribution in [1.82, 2.24) is 24.6 Å². The van der Waals surface area contributed by atoms with Gasteiger partial charge in [-0.15, -0.1) is 21.5 Å². The van der Waals surface area contributed by atoms with Crippen molar-refractivity contribution in [1.29, 1.82) is 0 Å². The number of hydrogen-bond acceptors (Lipinski definition) is 5. The topological polar surface area (TPSA) is 63.9 Å². The minimum Gasteiger partial charge on any atom is -0.328 e. The zero-order chi connectivity index (χ0) is 17.7. The van der Waals surface area contributed by atoms with E-state index in [0.717, 1.165) is 22.2 Å². The van der Waals surface area contributed by atoms with Crippen molar-refractivity contribution in [3.8, 4) is 10.6 Å². The zero-order valence-corrected chi connectivity index (χ0v) is 15.3. The zero-order valence-electron chi connectivity index (χ0n) is 14.5. The Hall–Kier alpha value is -2.54. The molecule has 1 aliphatic carbocycles. The summed E-state index contributed by atoms with van der Waals surface area (Å²) in [6.45, 7) is 3.30. The van der Waals surface area contributed by atoms with Crippen LogP contribution in [-0.2, 0) is 6.54 Å². The number of amides is 1. The largest absolute Gasteiger partial charge is 0.328 e. The van der Waals surface area contributed by atoms with Crippen LogP contribution in [0.2, 0.25) is 0 Å². The third-order valence-corrected chi connectivity index (χ3v) is 5.92. The van der Waals surface area contributed by atoms with E-state index in [1.54, 1.807) is 0 Å². The highest BCUT2D eigenvalue weighted by Gasteiger charge is 2.36. The SMILES string of the molecule is C[C@H]1CN(C(=O)c2csc(-c3ccccc3)n2)Cc2nnc(C3CC3)n21. The minimum absolute atomic E-state index is 0.0301. The second-order valence-electron chi connectivity index (χ2n) is 7.06. The maximum Gasteiger partial charge on any atom is 0.273 e. The molecular formula is C19H19N5OS. The fourth-order valence-electron chi connectivity index (χ4n) is 3.58. The van der Waals surface area contributed by atoms with Crippen LogP contribution in [0.3, 0.4) is 0 Å². The third-order valence-electron chi connectivity index (χ3n) is 5.02. The first-order valence-corrected chi connectivity index (χ1v) is 9.82. The summed E-state index contributed by atoms with van der Waals surface area (Å²) in [7, 11) is 0. The van der Waals surface area contributed by atoms with Crippen LogP contribution in [0.5, 0.6) is 0 Å². The number of aromatic nitrogens is 4. The average molecular weight is 365 g/mol. The number of fused-ring (bicyclic) bond motifs is 1. The van der Waals surface area contributed by atoms with Gasteiger partial charge in [0, 0.05) is 23.4 Å². The van der Waals surface area contributed by atoms with Crippen LogP contribution in [0.4, 0.5) is 0 Å². The quantitative estimate of drug-likeness (QED) is 0.713. The normalized spacial score (nSPS) is 19.4. The fraction of sp³-hybridized carbons (Fsp3) is 0.368. The van der Waals surface area contributed by atoms with Gasteiger partial charge < -0.3 is 9.47 Å². The highest BCUT2D eigenvalue weighted by Crippen LogP contribution is 2.41. The smallest absolute Gasteiger partial charge is 0.273 e. The van der Waals surface area contributed by atoms with Crippen molar-refractivity contribution >= 4 is 17.2 Å². The summed E-state index contributed by atoms with van der Waals surface area (Å²) in [4.78, 5) is 19.4. The lowest BCUT2D eigenvalue weighted by Crippen LogP contribution is -2.40. The summed E-state index contributed by atoms with van der Waals surface area (Å²) in [5.74, 6) is 2.52. The molecule has 1 saturated carbocycles. The lowest BCUT2D eigenvalue weighted by molar-refractivity contribution is 0.0674. The van der Waals surface area contributed by atoms with Gasteiger partial charge in [0.25, 0.3) is 5.91 Å². The average Bonchev–Trinajstić information content (AvgIpc) is 3.22. The second kappa shape index (κ2) is 6.02. The number of hydrogen-bond donors (Lipinski definition) is 0. The maximum absolute atomic E-state index is 13.0. The van der Waals surface area contributed by atoms with Gasteiger partial charge in [-0.3, -0.25) is 4.79 Å². The van der Waals surface area contributed by atoms with E-state index in [2.05, 4.69) is 26.7 Å². The Labute approximate surface area is 155 Å². The first-order valence-electron chi connectivity index (χ1n) is 8.94. The highest BCUT2D eigenvalue weighted by atomic mass is 32.1. The van der Waals surface area contributed by atoms with Gasteiger partial charge in [0.15, 0.2) is 5.82 Å². The number of rotatable bonds is 3. The van der Waals surface area contributed by atoms with Crippen LogP contribution in [0.25, 0.3) is 10.6 Å². The summed E-state index contributed by atoms with van der Waals surface area (Å²) in [6, 6.07) is 10.2. The fourth-order valence-corrected chi connectivity index (χ4v) is 4.38. The summed E-state index contributed by atoms with van der Waals surface area (Å²) >= 11 is 1.51. The summed E-state index contributed by atoms with van der Waals surface area (Å²) in [5, 5.41) is 11.5. The van der Waals surface area contributed by atoms with Crippen molar-refractivity contribution < 1.29 is 4.79 Å². The number of carbonyl (C=O) groups excluding carboxylic acids is 1. The van der Waals surface area contributed by atoms with E-state index in [0.29, 0.717) is 24.7 Å². The van der Waals surface area contributed by atoms with Gasteiger partial charge in [0.2, 0.25) is 0 Å². The van der Waals surface area contributed by atoms with Crippen molar-refractivity contribution in [3.63, 3.8) is 0 Å². The van der Waals surface area contributed by atoms with Crippen molar-refractivity contribution in [2.45, 2.75) is 38.3 Å². The molecule has 0 spiro atoms. The van der Waals surface area contributed by atoms with Crippen LogP contribution in [0.15, 0.2) is 35.7 Å². The molecule has 0 saturated heterocycles. The number of benzene rings is 1. The van der Waals surface area contributed by atoms with Gasteiger partial charge in [0.1, 0.15) is 16.5 Å². The van der Waals surface area contributed by atoms with Gasteiger partial charge in [-0.05, 0) is 19.8 Å². The van der Waals surface area contributed by atoms with E-state index in [-0.39, 0.29) is 11.9 Å².